The minimum Gasteiger partial charge on any atom is -0.404 e. The maximum Gasteiger partial charge on any atom is 0.261 e. The van der Waals surface area contributed by atoms with Crippen molar-refractivity contribution in [2.24, 2.45) is 5.41 Å². The van der Waals surface area contributed by atoms with Crippen LogP contribution in [-0.2, 0) is 8.85 Å². The summed E-state index contributed by atoms with van der Waals surface area (Å²) >= 11 is 0. The van der Waals surface area contributed by atoms with Gasteiger partial charge in [0.1, 0.15) is 0 Å². The van der Waals surface area contributed by atoms with Gasteiger partial charge in [0.2, 0.25) is 0 Å². The molecule has 0 amide bonds. The summed E-state index contributed by atoms with van der Waals surface area (Å²) < 4.78 is 14.4. The first-order valence-electron chi connectivity index (χ1n) is 15.9. The maximum absolute atomic E-state index is 12.1. The van der Waals surface area contributed by atoms with Gasteiger partial charge < -0.3 is 14.0 Å². The molecule has 1 saturated carbocycles. The highest BCUT2D eigenvalue weighted by molar-refractivity contribution is 6.99. The van der Waals surface area contributed by atoms with E-state index in [-0.39, 0.29) is 16.6 Å². The van der Waals surface area contributed by atoms with Gasteiger partial charge in [0.15, 0.2) is 8.32 Å². The average molecular weight is 605 g/mol. The van der Waals surface area contributed by atoms with Crippen molar-refractivity contribution in [1.82, 2.24) is 0 Å². The molecule has 1 aliphatic rings. The van der Waals surface area contributed by atoms with E-state index in [2.05, 4.69) is 135 Å². The molecule has 230 valence electrons. The van der Waals surface area contributed by atoms with E-state index in [4.69, 9.17) is 8.85 Å². The molecule has 1 N–H and O–H groups in total. The predicted octanol–water partition coefficient (Wildman–Crippen LogP) is 8.55. The molecule has 5 heteroatoms. The fraction of sp³-hybridized carbons (Fsp3) is 0.541. The summed E-state index contributed by atoms with van der Waals surface area (Å²) in [4.78, 5) is 0. The van der Waals surface area contributed by atoms with E-state index >= 15 is 0 Å². The Bertz CT molecular complexity index is 1180. The molecule has 2 aromatic rings. The largest absolute Gasteiger partial charge is 0.404 e. The van der Waals surface area contributed by atoms with Gasteiger partial charge in [-0.1, -0.05) is 129 Å². The minimum absolute atomic E-state index is 0.116. The van der Waals surface area contributed by atoms with Crippen molar-refractivity contribution in [2.45, 2.75) is 123 Å². The third-order valence-corrected chi connectivity index (χ3v) is 19.4. The molecule has 0 spiro atoms. The molecular formula is C37H56O3Si2. The molecule has 0 aliphatic heterocycles. The van der Waals surface area contributed by atoms with Gasteiger partial charge in [-0.05, 0) is 65.3 Å². The van der Waals surface area contributed by atoms with E-state index in [0.717, 1.165) is 30.1 Å². The van der Waals surface area contributed by atoms with Crippen LogP contribution in [0.1, 0.15) is 82.1 Å². The molecule has 3 atom stereocenters. The van der Waals surface area contributed by atoms with E-state index in [0.29, 0.717) is 6.42 Å². The van der Waals surface area contributed by atoms with Gasteiger partial charge in [0.05, 0.1) is 11.2 Å². The van der Waals surface area contributed by atoms with Gasteiger partial charge in [0, 0.05) is 18.1 Å². The van der Waals surface area contributed by atoms with E-state index in [1.54, 1.807) is 0 Å². The third kappa shape index (κ3) is 7.04. The van der Waals surface area contributed by atoms with Gasteiger partial charge in [0.25, 0.3) is 8.32 Å². The lowest BCUT2D eigenvalue weighted by atomic mass is 9.65. The lowest BCUT2D eigenvalue weighted by Crippen LogP contribution is -2.68. The number of hydrogen-bond acceptors (Lipinski definition) is 3. The Morgan fingerprint density at radius 1 is 0.881 bits per heavy atom. The summed E-state index contributed by atoms with van der Waals surface area (Å²) in [6.07, 6.45) is 5.10. The monoisotopic (exact) mass is 604 g/mol. The zero-order valence-electron chi connectivity index (χ0n) is 28.0. The van der Waals surface area contributed by atoms with Crippen LogP contribution in [0.2, 0.25) is 23.2 Å². The van der Waals surface area contributed by atoms with Crippen molar-refractivity contribution < 1.29 is 14.0 Å². The Morgan fingerprint density at radius 3 is 1.74 bits per heavy atom. The molecule has 0 radical (unpaired) electrons. The lowest BCUT2D eigenvalue weighted by Gasteiger charge is -2.51. The number of benzene rings is 2. The van der Waals surface area contributed by atoms with Crippen molar-refractivity contribution >= 4 is 27.0 Å². The first-order valence-corrected chi connectivity index (χ1v) is 20.3. The van der Waals surface area contributed by atoms with Crippen molar-refractivity contribution in [3.63, 3.8) is 0 Å². The zero-order chi connectivity index (χ0) is 31.5. The Balaban J connectivity index is 2.08. The second-order valence-electron chi connectivity index (χ2n) is 14.4. The first kappa shape index (κ1) is 34.5. The van der Waals surface area contributed by atoms with E-state index < -0.39 is 27.8 Å². The zero-order valence-corrected chi connectivity index (χ0v) is 30.0. The normalized spacial score (nSPS) is 22.6. The highest BCUT2D eigenvalue weighted by Gasteiger charge is 2.54. The Hall–Kier alpha value is -1.99. The average Bonchev–Trinajstić information content (AvgIpc) is 2.94. The summed E-state index contributed by atoms with van der Waals surface area (Å²) in [5, 5.41) is 14.5. The van der Waals surface area contributed by atoms with Crippen molar-refractivity contribution in [3.8, 4) is 0 Å². The van der Waals surface area contributed by atoms with Gasteiger partial charge in [-0.25, -0.2) is 0 Å². The third-order valence-electron chi connectivity index (χ3n) is 9.62. The fourth-order valence-electron chi connectivity index (χ4n) is 7.17. The van der Waals surface area contributed by atoms with E-state index in [9.17, 15) is 5.11 Å². The molecule has 2 aromatic carbocycles. The SMILES string of the molecule is C=CC(C)(C=C=C1C(C)(C)C[C@H](O[Si](c2ccccc2)(c2ccccc2)C(C)(C)C)CC1(C)O)O[Si](CC)(CC)CC. The molecule has 3 rings (SSSR count). The smallest absolute Gasteiger partial charge is 0.261 e. The Kier molecular flexibility index (Phi) is 10.6. The highest BCUT2D eigenvalue weighted by Crippen LogP contribution is 2.48. The van der Waals surface area contributed by atoms with Crippen LogP contribution in [0.15, 0.2) is 90.7 Å². The lowest BCUT2D eigenvalue weighted by molar-refractivity contribution is -0.0207. The van der Waals surface area contributed by atoms with Crippen molar-refractivity contribution in [1.29, 1.82) is 0 Å². The standard InChI is InChI=1S/C37H56O3Si2/c1-12-36(10,40-41(13-2,14-3)15-4)27-26-33-35(8,9)28-30(29-37(33,11)38)39-42(34(5,6)7,31-22-18-16-19-23-31)32-24-20-17-21-25-32/h12,16-25,27,30,38H,1,13-15,28-29H2,2-11H3/t26?,30-,36?,37?/m0/s1. The first-order chi connectivity index (χ1) is 19.5. The molecule has 1 fully saturated rings. The summed E-state index contributed by atoms with van der Waals surface area (Å²) in [7, 11) is -4.64. The fourth-order valence-corrected chi connectivity index (χ4v) is 14.9. The quantitative estimate of drug-likeness (QED) is 0.159. The molecule has 0 bridgehead atoms. The van der Waals surface area contributed by atoms with Gasteiger partial charge in [-0.2, -0.15) is 0 Å². The second kappa shape index (κ2) is 12.9. The van der Waals surface area contributed by atoms with Crippen LogP contribution in [0, 0.1) is 5.41 Å². The maximum atomic E-state index is 12.1. The Labute approximate surface area is 259 Å². The molecule has 0 heterocycles. The number of hydrogen-bond donors (Lipinski definition) is 1. The highest BCUT2D eigenvalue weighted by atomic mass is 28.4. The van der Waals surface area contributed by atoms with Crippen molar-refractivity contribution in [2.75, 3.05) is 0 Å². The minimum atomic E-state index is -2.75. The van der Waals surface area contributed by atoms with Crippen LogP contribution in [0.3, 0.4) is 0 Å². The summed E-state index contributed by atoms with van der Waals surface area (Å²) in [5.74, 6) is 0. The van der Waals surface area contributed by atoms with Gasteiger partial charge in [-0.3, -0.25) is 0 Å². The summed E-state index contributed by atoms with van der Waals surface area (Å²) in [6.45, 7) is 26.2. The van der Waals surface area contributed by atoms with Crippen LogP contribution < -0.4 is 10.4 Å². The van der Waals surface area contributed by atoms with Crippen molar-refractivity contribution in [3.05, 3.63) is 90.7 Å². The van der Waals surface area contributed by atoms with Gasteiger partial charge >= 0.3 is 0 Å². The second-order valence-corrected chi connectivity index (χ2v) is 23.3. The number of aliphatic hydroxyl groups is 1. The molecular weight excluding hydrogens is 549 g/mol. The number of rotatable bonds is 11. The molecule has 0 aromatic heterocycles. The summed E-state index contributed by atoms with van der Waals surface area (Å²) in [6, 6.07) is 24.7. The summed E-state index contributed by atoms with van der Waals surface area (Å²) in [5.41, 5.74) is 2.46. The molecule has 3 nitrogen and oxygen atoms in total. The van der Waals surface area contributed by atoms with Crippen LogP contribution in [-0.4, -0.2) is 39.0 Å². The van der Waals surface area contributed by atoms with Crippen LogP contribution in [0.25, 0.3) is 0 Å². The molecule has 2 unspecified atom stereocenters. The van der Waals surface area contributed by atoms with E-state index in [1.807, 2.05) is 19.1 Å². The van der Waals surface area contributed by atoms with Crippen LogP contribution >= 0.6 is 0 Å². The molecule has 1 aliphatic carbocycles. The predicted molar refractivity (Wildman–Crippen MR) is 185 cm³/mol. The molecule has 0 saturated heterocycles. The van der Waals surface area contributed by atoms with Gasteiger partial charge in [-0.15, -0.1) is 5.73 Å². The van der Waals surface area contributed by atoms with Crippen LogP contribution in [0.5, 0.6) is 0 Å². The Morgan fingerprint density at radius 2 is 1.36 bits per heavy atom. The molecule has 42 heavy (non-hydrogen) atoms. The van der Waals surface area contributed by atoms with Crippen LogP contribution in [0.4, 0.5) is 0 Å². The van der Waals surface area contributed by atoms with E-state index in [1.165, 1.54) is 10.4 Å². The topological polar surface area (TPSA) is 38.7 Å².